The Kier molecular flexibility index (Phi) is 5.94. The first kappa shape index (κ1) is 20.6. The maximum absolute atomic E-state index is 13.3. The summed E-state index contributed by atoms with van der Waals surface area (Å²) >= 11 is 0. The van der Waals surface area contributed by atoms with Crippen LogP contribution in [0.3, 0.4) is 0 Å². The SMILES string of the molecule is CCCCC1=NC2(CCCC2)C(=O)N1Cc1ccc(-c2cc(O)ccc2CC)cc1. The van der Waals surface area contributed by atoms with Gasteiger partial charge in [0.05, 0.1) is 6.54 Å². The summed E-state index contributed by atoms with van der Waals surface area (Å²) in [5, 5.41) is 9.91. The first-order chi connectivity index (χ1) is 14.6. The minimum atomic E-state index is -0.472. The van der Waals surface area contributed by atoms with Crippen LogP contribution in [0.2, 0.25) is 0 Å². The van der Waals surface area contributed by atoms with Gasteiger partial charge in [0.1, 0.15) is 17.1 Å². The zero-order valence-corrected chi connectivity index (χ0v) is 18.2. The number of carbonyl (C=O) groups excluding carboxylic acids is 1. The molecule has 1 spiro atoms. The van der Waals surface area contributed by atoms with Gasteiger partial charge in [0.15, 0.2) is 0 Å². The minimum Gasteiger partial charge on any atom is -0.508 e. The molecule has 0 unspecified atom stereocenters. The molecule has 1 fully saturated rings. The quantitative estimate of drug-likeness (QED) is 0.628. The number of carbonyl (C=O) groups is 1. The van der Waals surface area contributed by atoms with Gasteiger partial charge in [-0.2, -0.15) is 0 Å². The van der Waals surface area contributed by atoms with Crippen LogP contribution in [0.5, 0.6) is 5.75 Å². The summed E-state index contributed by atoms with van der Waals surface area (Å²) in [5.41, 5.74) is 4.01. The van der Waals surface area contributed by atoms with Crippen molar-refractivity contribution in [2.24, 2.45) is 4.99 Å². The molecule has 4 rings (SSSR count). The molecule has 1 aliphatic heterocycles. The molecule has 1 aliphatic carbocycles. The smallest absolute Gasteiger partial charge is 0.256 e. The van der Waals surface area contributed by atoms with Crippen molar-refractivity contribution in [3.05, 3.63) is 53.6 Å². The number of rotatable bonds is 7. The predicted octanol–water partition coefficient (Wildman–Crippen LogP) is 5.87. The molecule has 30 heavy (non-hydrogen) atoms. The van der Waals surface area contributed by atoms with E-state index >= 15 is 0 Å². The molecule has 1 N–H and O–H groups in total. The fraction of sp³-hybridized carbons (Fsp3) is 0.462. The fourth-order valence-corrected chi connectivity index (χ4v) is 4.81. The Labute approximate surface area is 179 Å². The molecule has 2 aromatic rings. The zero-order chi connectivity index (χ0) is 21.1. The largest absolute Gasteiger partial charge is 0.508 e. The molecular weight excluding hydrogens is 372 g/mol. The highest BCUT2D eigenvalue weighted by Gasteiger charge is 2.49. The molecule has 1 amide bonds. The van der Waals surface area contributed by atoms with Gasteiger partial charge in [-0.25, -0.2) is 0 Å². The highest BCUT2D eigenvalue weighted by Crippen LogP contribution is 2.40. The number of hydrogen-bond donors (Lipinski definition) is 1. The second kappa shape index (κ2) is 8.63. The number of amidine groups is 1. The maximum Gasteiger partial charge on any atom is 0.256 e. The van der Waals surface area contributed by atoms with Crippen LogP contribution in [-0.4, -0.2) is 27.3 Å². The van der Waals surface area contributed by atoms with E-state index in [1.54, 1.807) is 6.07 Å². The Morgan fingerprint density at radius 2 is 1.80 bits per heavy atom. The topological polar surface area (TPSA) is 52.9 Å². The summed E-state index contributed by atoms with van der Waals surface area (Å²) in [7, 11) is 0. The lowest BCUT2D eigenvalue weighted by atomic mass is 9.96. The number of aliphatic imine (C=N–C) groups is 1. The van der Waals surface area contributed by atoms with Crippen molar-refractivity contribution in [2.45, 2.75) is 77.3 Å². The molecule has 0 bridgehead atoms. The molecule has 1 heterocycles. The molecule has 0 saturated heterocycles. The summed E-state index contributed by atoms with van der Waals surface area (Å²) in [6.07, 6.45) is 7.96. The van der Waals surface area contributed by atoms with Crippen molar-refractivity contribution in [1.29, 1.82) is 0 Å². The average Bonchev–Trinajstić information content (AvgIpc) is 3.33. The molecule has 4 nitrogen and oxygen atoms in total. The standard InChI is InChI=1S/C26H32N2O2/c1-3-5-8-24-27-26(15-6-7-16-26)25(30)28(24)18-19-9-11-21(12-10-19)23-17-22(29)14-13-20(23)4-2/h9-14,17,29H,3-8,15-16,18H2,1-2H3. The van der Waals surface area contributed by atoms with Crippen molar-refractivity contribution in [1.82, 2.24) is 4.90 Å². The summed E-state index contributed by atoms with van der Waals surface area (Å²) in [6.45, 7) is 4.89. The van der Waals surface area contributed by atoms with E-state index in [2.05, 4.69) is 38.1 Å². The molecular formula is C26H32N2O2. The average molecular weight is 405 g/mol. The summed E-state index contributed by atoms with van der Waals surface area (Å²) in [5.74, 6) is 1.47. The third-order valence-corrected chi connectivity index (χ3v) is 6.56. The van der Waals surface area contributed by atoms with E-state index in [9.17, 15) is 9.90 Å². The molecule has 4 heteroatoms. The second-order valence-electron chi connectivity index (χ2n) is 8.65. The number of unbranched alkanes of at least 4 members (excludes halogenated alkanes) is 1. The molecule has 1 saturated carbocycles. The van der Waals surface area contributed by atoms with Gasteiger partial charge in [0.2, 0.25) is 0 Å². The van der Waals surface area contributed by atoms with E-state index in [0.717, 1.165) is 73.9 Å². The van der Waals surface area contributed by atoms with E-state index in [4.69, 9.17) is 4.99 Å². The Balaban J connectivity index is 1.56. The minimum absolute atomic E-state index is 0.205. The summed E-state index contributed by atoms with van der Waals surface area (Å²) in [6, 6.07) is 13.9. The number of hydrogen-bond acceptors (Lipinski definition) is 3. The molecule has 0 atom stereocenters. The number of aromatic hydroxyl groups is 1. The van der Waals surface area contributed by atoms with Gasteiger partial charge in [0, 0.05) is 6.42 Å². The van der Waals surface area contributed by atoms with Crippen LogP contribution in [0.15, 0.2) is 47.5 Å². The number of amides is 1. The van der Waals surface area contributed by atoms with Crippen LogP contribution in [-0.2, 0) is 17.8 Å². The molecule has 2 aromatic carbocycles. The Morgan fingerprint density at radius 1 is 1.07 bits per heavy atom. The van der Waals surface area contributed by atoms with Crippen LogP contribution in [0.4, 0.5) is 0 Å². The number of phenols is 1. The van der Waals surface area contributed by atoms with Gasteiger partial charge in [-0.1, -0.05) is 63.4 Å². The van der Waals surface area contributed by atoms with Gasteiger partial charge in [-0.3, -0.25) is 14.7 Å². The van der Waals surface area contributed by atoms with Crippen LogP contribution in [0, 0.1) is 0 Å². The first-order valence-electron chi connectivity index (χ1n) is 11.4. The monoisotopic (exact) mass is 404 g/mol. The molecule has 0 aromatic heterocycles. The predicted molar refractivity (Wildman–Crippen MR) is 122 cm³/mol. The number of nitrogens with zero attached hydrogens (tertiary/aromatic N) is 2. The molecule has 158 valence electrons. The lowest BCUT2D eigenvalue weighted by Gasteiger charge is -2.23. The van der Waals surface area contributed by atoms with Gasteiger partial charge < -0.3 is 5.11 Å². The van der Waals surface area contributed by atoms with E-state index in [1.165, 1.54) is 5.56 Å². The lowest BCUT2D eigenvalue weighted by molar-refractivity contribution is -0.131. The van der Waals surface area contributed by atoms with Gasteiger partial charge >= 0.3 is 0 Å². The molecule has 0 radical (unpaired) electrons. The van der Waals surface area contributed by atoms with Gasteiger partial charge in [-0.05, 0) is 60.1 Å². The lowest BCUT2D eigenvalue weighted by Crippen LogP contribution is -2.40. The second-order valence-corrected chi connectivity index (χ2v) is 8.65. The van der Waals surface area contributed by atoms with Crippen LogP contribution < -0.4 is 0 Å². The summed E-state index contributed by atoms with van der Waals surface area (Å²) in [4.78, 5) is 20.2. The number of aryl methyl sites for hydroxylation is 1. The highest BCUT2D eigenvalue weighted by molar-refractivity contribution is 6.08. The van der Waals surface area contributed by atoms with E-state index < -0.39 is 5.54 Å². The summed E-state index contributed by atoms with van der Waals surface area (Å²) < 4.78 is 0. The maximum atomic E-state index is 13.3. The van der Waals surface area contributed by atoms with E-state index in [-0.39, 0.29) is 11.7 Å². The number of benzene rings is 2. The van der Waals surface area contributed by atoms with Crippen molar-refractivity contribution in [3.8, 4) is 16.9 Å². The van der Waals surface area contributed by atoms with Crippen LogP contribution in [0.25, 0.3) is 11.1 Å². The van der Waals surface area contributed by atoms with Crippen LogP contribution >= 0.6 is 0 Å². The van der Waals surface area contributed by atoms with Crippen molar-refractivity contribution >= 4 is 11.7 Å². The zero-order valence-electron chi connectivity index (χ0n) is 18.2. The van der Waals surface area contributed by atoms with Gasteiger partial charge in [0.25, 0.3) is 5.91 Å². The third kappa shape index (κ3) is 3.88. The normalized spacial score (nSPS) is 17.7. The van der Waals surface area contributed by atoms with Crippen molar-refractivity contribution < 1.29 is 9.90 Å². The third-order valence-electron chi connectivity index (χ3n) is 6.56. The first-order valence-corrected chi connectivity index (χ1v) is 11.4. The Hall–Kier alpha value is -2.62. The van der Waals surface area contributed by atoms with Crippen LogP contribution in [0.1, 0.15) is 69.9 Å². The van der Waals surface area contributed by atoms with E-state index in [0.29, 0.717) is 6.54 Å². The van der Waals surface area contributed by atoms with Crippen molar-refractivity contribution in [2.75, 3.05) is 0 Å². The van der Waals surface area contributed by atoms with E-state index in [1.807, 2.05) is 17.0 Å². The Morgan fingerprint density at radius 3 is 2.47 bits per heavy atom. The Bertz CT molecular complexity index is 940. The van der Waals surface area contributed by atoms with Crippen molar-refractivity contribution in [3.63, 3.8) is 0 Å². The molecule has 2 aliphatic rings. The highest BCUT2D eigenvalue weighted by atomic mass is 16.3. The van der Waals surface area contributed by atoms with Gasteiger partial charge in [-0.15, -0.1) is 0 Å². The number of phenolic OH excluding ortho intramolecular Hbond substituents is 1. The fourth-order valence-electron chi connectivity index (χ4n) is 4.81.